The molecule has 108 valence electrons. The molecule has 0 bridgehead atoms. The van der Waals surface area contributed by atoms with E-state index >= 15 is 0 Å². The second-order valence-electron chi connectivity index (χ2n) is 4.93. The third-order valence-electron chi connectivity index (χ3n) is 3.58. The highest BCUT2D eigenvalue weighted by atomic mass is 35.5. The molecule has 6 nitrogen and oxygen atoms in total. The Balaban J connectivity index is 0.00000133. The minimum absolute atomic E-state index is 0. The molecule has 0 saturated carbocycles. The Morgan fingerprint density at radius 3 is 3.00 bits per heavy atom. The number of piperidine rings is 1. The molecule has 19 heavy (non-hydrogen) atoms. The Bertz CT molecular complexity index is 537. The fraction of sp³-hybridized carbons (Fsp3) is 0.727. The van der Waals surface area contributed by atoms with Crippen molar-refractivity contribution in [1.82, 2.24) is 19.6 Å². The van der Waals surface area contributed by atoms with Gasteiger partial charge in [0.2, 0.25) is 0 Å². The van der Waals surface area contributed by atoms with Crippen molar-refractivity contribution in [3.05, 3.63) is 12.0 Å². The molecular formula is C11H19ClN4O2S. The van der Waals surface area contributed by atoms with Crippen LogP contribution in [0.2, 0.25) is 0 Å². The number of hydrogen-bond donors (Lipinski definition) is 2. The van der Waals surface area contributed by atoms with Gasteiger partial charge >= 0.3 is 0 Å². The molecule has 1 fully saturated rings. The van der Waals surface area contributed by atoms with Crippen molar-refractivity contribution >= 4 is 22.4 Å². The average molecular weight is 307 g/mol. The van der Waals surface area contributed by atoms with Crippen LogP contribution < -0.4 is 10.0 Å². The molecular weight excluding hydrogens is 288 g/mol. The number of hydrogen-bond acceptors (Lipinski definition) is 4. The summed E-state index contributed by atoms with van der Waals surface area (Å²) in [5.74, 6) is 0.886. The van der Waals surface area contributed by atoms with Gasteiger partial charge in [-0.15, -0.1) is 12.4 Å². The Labute approximate surface area is 119 Å². The molecule has 2 N–H and O–H groups in total. The molecule has 3 rings (SSSR count). The lowest BCUT2D eigenvalue weighted by molar-refractivity contribution is 0.427. The minimum Gasteiger partial charge on any atom is -0.318 e. The number of rotatable bonds is 3. The lowest BCUT2D eigenvalue weighted by atomic mass is 10.1. The average Bonchev–Trinajstić information content (AvgIpc) is 2.90. The van der Waals surface area contributed by atoms with Crippen LogP contribution in [0.1, 0.15) is 25.1 Å². The van der Waals surface area contributed by atoms with Crippen LogP contribution in [0.4, 0.5) is 0 Å². The monoisotopic (exact) mass is 306 g/mol. The highest BCUT2D eigenvalue weighted by Gasteiger charge is 2.27. The molecule has 0 spiro atoms. The Hall–Kier alpha value is -0.630. The van der Waals surface area contributed by atoms with Gasteiger partial charge in [0.05, 0.1) is 6.20 Å². The van der Waals surface area contributed by atoms with E-state index in [1.165, 1.54) is 6.20 Å². The van der Waals surface area contributed by atoms with E-state index < -0.39 is 10.0 Å². The molecule has 1 aromatic heterocycles. The van der Waals surface area contributed by atoms with Gasteiger partial charge in [-0.2, -0.15) is 0 Å². The molecule has 8 heteroatoms. The number of nitrogens with zero attached hydrogens (tertiary/aromatic N) is 2. The number of nitrogens with one attached hydrogen (secondary N) is 2. The van der Waals surface area contributed by atoms with Crippen LogP contribution in [0, 0.1) is 0 Å². The summed E-state index contributed by atoms with van der Waals surface area (Å²) in [6.07, 6.45) is 5.25. The molecule has 0 aliphatic carbocycles. The lowest BCUT2D eigenvalue weighted by Gasteiger charge is -2.23. The molecule has 0 radical (unpaired) electrons. The minimum atomic E-state index is -3.43. The number of halogens is 1. The summed E-state index contributed by atoms with van der Waals surface area (Å²) in [6.45, 7) is 2.44. The zero-order chi connectivity index (χ0) is 12.6. The molecule has 1 aromatic rings. The molecule has 1 unspecified atom stereocenters. The first-order valence-corrected chi connectivity index (χ1v) is 7.92. The van der Waals surface area contributed by atoms with Gasteiger partial charge in [0.15, 0.2) is 5.03 Å². The van der Waals surface area contributed by atoms with Gasteiger partial charge in [-0.1, -0.05) is 0 Å². The van der Waals surface area contributed by atoms with E-state index in [1.54, 1.807) is 0 Å². The maximum absolute atomic E-state index is 12.3. The molecule has 0 aromatic carbocycles. The Morgan fingerprint density at radius 1 is 1.42 bits per heavy atom. The maximum atomic E-state index is 12.3. The predicted octanol–water partition coefficient (Wildman–Crippen LogP) is 0.281. The van der Waals surface area contributed by atoms with Crippen molar-refractivity contribution in [1.29, 1.82) is 0 Å². The predicted molar refractivity (Wildman–Crippen MR) is 74.0 cm³/mol. The Morgan fingerprint density at radius 2 is 2.26 bits per heavy atom. The summed E-state index contributed by atoms with van der Waals surface area (Å²) < 4.78 is 29.2. The van der Waals surface area contributed by atoms with E-state index in [-0.39, 0.29) is 18.4 Å². The van der Waals surface area contributed by atoms with E-state index in [9.17, 15) is 8.42 Å². The van der Waals surface area contributed by atoms with E-state index in [4.69, 9.17) is 0 Å². The van der Waals surface area contributed by atoms with Crippen molar-refractivity contribution in [2.75, 3.05) is 13.1 Å². The van der Waals surface area contributed by atoms with Crippen LogP contribution in [-0.4, -0.2) is 37.1 Å². The van der Waals surface area contributed by atoms with Crippen molar-refractivity contribution in [3.63, 3.8) is 0 Å². The van der Waals surface area contributed by atoms with E-state index in [2.05, 4.69) is 15.0 Å². The van der Waals surface area contributed by atoms with Crippen LogP contribution in [0.5, 0.6) is 0 Å². The van der Waals surface area contributed by atoms with Gasteiger partial charge < -0.3 is 9.88 Å². The van der Waals surface area contributed by atoms with Crippen molar-refractivity contribution in [2.45, 2.75) is 43.3 Å². The third-order valence-corrected chi connectivity index (χ3v) is 5.10. The maximum Gasteiger partial charge on any atom is 0.258 e. The van der Waals surface area contributed by atoms with Crippen LogP contribution in [0.25, 0.3) is 0 Å². The molecule has 1 saturated heterocycles. The summed E-state index contributed by atoms with van der Waals surface area (Å²) in [6, 6.07) is -0.00342. The zero-order valence-corrected chi connectivity index (χ0v) is 12.3. The van der Waals surface area contributed by atoms with Crippen LogP contribution in [-0.2, 0) is 23.0 Å². The summed E-state index contributed by atoms with van der Waals surface area (Å²) in [7, 11) is -3.43. The van der Waals surface area contributed by atoms with E-state index in [1.807, 2.05) is 4.57 Å². The number of aromatic nitrogens is 2. The van der Waals surface area contributed by atoms with E-state index in [0.717, 1.165) is 44.6 Å². The fourth-order valence-corrected chi connectivity index (χ4v) is 4.12. The highest BCUT2D eigenvalue weighted by molar-refractivity contribution is 7.89. The summed E-state index contributed by atoms with van der Waals surface area (Å²) in [5.41, 5.74) is 0. The molecule has 1 atom stereocenters. The molecule has 0 amide bonds. The first-order chi connectivity index (χ1) is 8.67. The molecule has 3 heterocycles. The van der Waals surface area contributed by atoms with Gasteiger partial charge in [0.1, 0.15) is 5.82 Å². The summed E-state index contributed by atoms with van der Waals surface area (Å²) >= 11 is 0. The Kier molecular flexibility index (Phi) is 4.50. The lowest BCUT2D eigenvalue weighted by Crippen LogP contribution is -2.45. The standard InChI is InChI=1S/C11H18N4O2S.ClH/c16-18(17,14-9-3-1-5-12-7-9)11-8-13-10-4-2-6-15(10)11;/h8-9,12,14H,1-7H2;1H. The number of imidazole rings is 1. The van der Waals surface area contributed by atoms with E-state index in [0.29, 0.717) is 11.6 Å². The zero-order valence-electron chi connectivity index (χ0n) is 10.6. The van der Waals surface area contributed by atoms with Gasteiger partial charge in [-0.3, -0.25) is 0 Å². The van der Waals surface area contributed by atoms with Gasteiger partial charge in [0.25, 0.3) is 10.0 Å². The third kappa shape index (κ3) is 2.94. The van der Waals surface area contributed by atoms with Crippen molar-refractivity contribution in [2.24, 2.45) is 0 Å². The topological polar surface area (TPSA) is 76.0 Å². The van der Waals surface area contributed by atoms with Gasteiger partial charge in [-0.25, -0.2) is 18.1 Å². The number of sulfonamides is 1. The van der Waals surface area contributed by atoms with Gasteiger partial charge in [-0.05, 0) is 25.8 Å². The van der Waals surface area contributed by atoms with Crippen molar-refractivity contribution < 1.29 is 8.42 Å². The fourth-order valence-electron chi connectivity index (χ4n) is 2.68. The number of fused-ring (bicyclic) bond motifs is 1. The van der Waals surface area contributed by atoms with Crippen LogP contribution in [0.15, 0.2) is 11.2 Å². The highest BCUT2D eigenvalue weighted by Crippen LogP contribution is 2.20. The number of aryl methyl sites for hydroxylation is 1. The van der Waals surface area contributed by atoms with Crippen LogP contribution in [0.3, 0.4) is 0 Å². The largest absolute Gasteiger partial charge is 0.318 e. The van der Waals surface area contributed by atoms with Crippen molar-refractivity contribution in [3.8, 4) is 0 Å². The molecule has 2 aliphatic heterocycles. The normalized spacial score (nSPS) is 22.8. The first-order valence-electron chi connectivity index (χ1n) is 6.44. The van der Waals surface area contributed by atoms with Gasteiger partial charge in [0, 0.05) is 25.6 Å². The van der Waals surface area contributed by atoms with Crippen LogP contribution >= 0.6 is 12.4 Å². The first kappa shape index (κ1) is 14.8. The second kappa shape index (κ2) is 5.78. The smallest absolute Gasteiger partial charge is 0.258 e. The second-order valence-corrected chi connectivity index (χ2v) is 6.59. The molecule has 2 aliphatic rings. The summed E-state index contributed by atoms with van der Waals surface area (Å²) in [4.78, 5) is 4.18. The summed E-state index contributed by atoms with van der Waals surface area (Å²) in [5, 5.41) is 3.53. The quantitative estimate of drug-likeness (QED) is 0.841. The SMILES string of the molecule is Cl.O=S(=O)(NC1CCCNC1)c1cnc2n1CCC2.